The Morgan fingerprint density at radius 1 is 0.321 bits per heavy atom. The summed E-state index contributed by atoms with van der Waals surface area (Å²) in [6.07, 6.45) is 28.3. The first-order chi connectivity index (χ1) is 13.2. The number of hydrogen-bond donors (Lipinski definition) is 0. The van der Waals surface area contributed by atoms with E-state index in [1.807, 2.05) is 0 Å². The van der Waals surface area contributed by atoms with Crippen molar-refractivity contribution in [3.05, 3.63) is 20.8 Å². The van der Waals surface area contributed by atoms with Crippen LogP contribution in [-0.2, 0) is 21.1 Å². The van der Waals surface area contributed by atoms with Gasteiger partial charge in [-0.2, -0.15) is 19.3 Å². The monoisotopic (exact) mass is 576 g/mol. The Hall–Kier alpha value is 0.688. The van der Waals surface area contributed by atoms with E-state index >= 15 is 0 Å². The van der Waals surface area contributed by atoms with Gasteiger partial charge in [-0.25, -0.2) is 0 Å². The molecule has 178 valence electrons. The summed E-state index contributed by atoms with van der Waals surface area (Å²) in [6.45, 7) is 18.2. The molecule has 0 aromatic rings. The Balaban J connectivity index is -0.000000152. The first-order valence-electron chi connectivity index (χ1n) is 12.6. The van der Waals surface area contributed by atoms with E-state index in [-0.39, 0.29) is 21.1 Å². The second-order valence-electron chi connectivity index (χ2n) is 7.86. The maximum Gasteiger partial charge on any atom is 0 e. The Bertz CT molecular complexity index is 139. The molecule has 0 saturated heterocycles. The molecule has 0 nitrogen and oxygen atoms in total. The fraction of sp³-hybridized carbons (Fsp3) is 0.889. The summed E-state index contributed by atoms with van der Waals surface area (Å²) < 4.78 is 0. The quantitative estimate of drug-likeness (QED) is 0.112. The minimum Gasteiger partial charge on any atom is -0.343 e. The van der Waals surface area contributed by atoms with Crippen molar-refractivity contribution >= 4 is 0 Å². The van der Waals surface area contributed by atoms with Gasteiger partial charge in [0.2, 0.25) is 0 Å². The third-order valence-electron chi connectivity index (χ3n) is 4.81. The molecule has 0 bridgehead atoms. The smallest absolute Gasteiger partial charge is 0 e. The number of hydrogen-bond acceptors (Lipinski definition) is 0. The van der Waals surface area contributed by atoms with Crippen LogP contribution < -0.4 is 0 Å². The van der Waals surface area contributed by atoms with Crippen molar-refractivity contribution in [2.24, 2.45) is 0 Å². The van der Waals surface area contributed by atoms with E-state index in [0.717, 1.165) is 19.3 Å². The normalized spacial score (nSPS) is 9.64. The van der Waals surface area contributed by atoms with Crippen LogP contribution in [0.3, 0.4) is 0 Å². The Morgan fingerprint density at radius 3 is 0.679 bits per heavy atom. The fourth-order valence-corrected chi connectivity index (χ4v) is 2.87. The number of rotatable bonds is 18. The SMILES string of the molecule is [CH2-]CCCCCCCC.[CH2-]CCCCCCCC.[CH2-]CCCCCCCC.[Pt]. The molecule has 0 fully saturated rings. The molecule has 0 heterocycles. The van der Waals surface area contributed by atoms with Crippen molar-refractivity contribution in [2.45, 2.75) is 156 Å². The maximum absolute atomic E-state index is 3.80. The van der Waals surface area contributed by atoms with Crippen molar-refractivity contribution in [2.75, 3.05) is 0 Å². The summed E-state index contributed by atoms with van der Waals surface area (Å²) >= 11 is 0. The summed E-state index contributed by atoms with van der Waals surface area (Å²) in [6, 6.07) is 0. The van der Waals surface area contributed by atoms with Crippen LogP contribution in [0.25, 0.3) is 0 Å². The second kappa shape index (κ2) is 41.9. The van der Waals surface area contributed by atoms with E-state index in [1.165, 1.54) is 116 Å². The largest absolute Gasteiger partial charge is 0.343 e. The first-order valence-corrected chi connectivity index (χ1v) is 12.6. The van der Waals surface area contributed by atoms with E-state index in [0.29, 0.717) is 0 Å². The molecule has 0 unspecified atom stereocenters. The van der Waals surface area contributed by atoms with Crippen LogP contribution in [0.4, 0.5) is 0 Å². The van der Waals surface area contributed by atoms with Crippen molar-refractivity contribution in [3.8, 4) is 0 Å². The zero-order valence-corrected chi connectivity index (χ0v) is 22.6. The van der Waals surface area contributed by atoms with Gasteiger partial charge in [-0.1, -0.05) is 136 Å². The van der Waals surface area contributed by atoms with E-state index < -0.39 is 0 Å². The van der Waals surface area contributed by atoms with Gasteiger partial charge in [0.25, 0.3) is 0 Å². The Labute approximate surface area is 197 Å². The van der Waals surface area contributed by atoms with Crippen molar-refractivity contribution < 1.29 is 21.1 Å². The molecule has 28 heavy (non-hydrogen) atoms. The van der Waals surface area contributed by atoms with Gasteiger partial charge in [0, 0.05) is 21.1 Å². The minimum absolute atomic E-state index is 0. The minimum atomic E-state index is 0. The summed E-state index contributed by atoms with van der Waals surface area (Å²) in [4.78, 5) is 0. The third-order valence-corrected chi connectivity index (χ3v) is 4.81. The van der Waals surface area contributed by atoms with Crippen LogP contribution >= 0.6 is 0 Å². The molecule has 0 amide bonds. The van der Waals surface area contributed by atoms with E-state index in [2.05, 4.69) is 41.5 Å². The predicted molar refractivity (Wildman–Crippen MR) is 130 cm³/mol. The molecule has 0 N–H and O–H groups in total. The van der Waals surface area contributed by atoms with Crippen LogP contribution in [0.5, 0.6) is 0 Å². The molecule has 0 aliphatic heterocycles. The molecule has 0 aliphatic carbocycles. The van der Waals surface area contributed by atoms with Gasteiger partial charge in [0.1, 0.15) is 0 Å². The van der Waals surface area contributed by atoms with Gasteiger partial charge in [0.05, 0.1) is 0 Å². The summed E-state index contributed by atoms with van der Waals surface area (Å²) in [5, 5.41) is 0. The van der Waals surface area contributed by atoms with Crippen LogP contribution in [0.15, 0.2) is 0 Å². The molecular formula is C27H57Pt-3. The molecule has 0 aromatic heterocycles. The predicted octanol–water partition coefficient (Wildman–Crippen LogP) is 10.7. The average molecular weight is 577 g/mol. The van der Waals surface area contributed by atoms with Gasteiger partial charge >= 0.3 is 0 Å². The van der Waals surface area contributed by atoms with E-state index in [9.17, 15) is 0 Å². The third kappa shape index (κ3) is 50.4. The maximum atomic E-state index is 3.80. The molecule has 0 radical (unpaired) electrons. The van der Waals surface area contributed by atoms with Gasteiger partial charge in [-0.05, 0) is 0 Å². The molecule has 0 aromatic carbocycles. The van der Waals surface area contributed by atoms with Crippen LogP contribution in [-0.4, -0.2) is 0 Å². The zero-order valence-electron chi connectivity index (χ0n) is 20.3. The van der Waals surface area contributed by atoms with Gasteiger partial charge in [-0.3, -0.25) is 0 Å². The van der Waals surface area contributed by atoms with Crippen molar-refractivity contribution in [1.29, 1.82) is 0 Å². The zero-order chi connectivity index (χ0) is 20.8. The van der Waals surface area contributed by atoms with Crippen LogP contribution in [0.1, 0.15) is 156 Å². The Kier molecular flexibility index (Phi) is 54.0. The van der Waals surface area contributed by atoms with Crippen molar-refractivity contribution in [3.63, 3.8) is 0 Å². The molecule has 0 atom stereocenters. The molecule has 0 saturated carbocycles. The Morgan fingerprint density at radius 2 is 0.500 bits per heavy atom. The summed E-state index contributed by atoms with van der Waals surface area (Å²) in [7, 11) is 0. The van der Waals surface area contributed by atoms with Gasteiger partial charge < -0.3 is 20.8 Å². The molecule has 0 rings (SSSR count). The summed E-state index contributed by atoms with van der Waals surface area (Å²) in [5.74, 6) is 0. The molecular weight excluding hydrogens is 519 g/mol. The van der Waals surface area contributed by atoms with Gasteiger partial charge in [-0.15, -0.1) is 0 Å². The molecule has 0 spiro atoms. The summed E-state index contributed by atoms with van der Waals surface area (Å²) in [5.41, 5.74) is 0. The fourth-order valence-electron chi connectivity index (χ4n) is 2.87. The topological polar surface area (TPSA) is 0 Å². The van der Waals surface area contributed by atoms with Gasteiger partial charge in [0.15, 0.2) is 0 Å². The molecule has 0 aliphatic rings. The average Bonchev–Trinajstić information content (AvgIpc) is 2.69. The number of unbranched alkanes of at least 4 members (excludes halogenated alkanes) is 18. The van der Waals surface area contributed by atoms with E-state index in [4.69, 9.17) is 0 Å². The second-order valence-corrected chi connectivity index (χ2v) is 7.86. The van der Waals surface area contributed by atoms with Crippen LogP contribution in [0.2, 0.25) is 0 Å². The van der Waals surface area contributed by atoms with Crippen LogP contribution in [0, 0.1) is 20.8 Å². The molecule has 1 heteroatoms. The van der Waals surface area contributed by atoms with Crippen molar-refractivity contribution in [1.82, 2.24) is 0 Å². The standard InChI is InChI=1S/3C9H19.Pt/c3*1-3-5-7-9-8-6-4-2;/h3*1,3-9H2,2H3;/q3*-1;. The first kappa shape index (κ1) is 36.1. The van der Waals surface area contributed by atoms with E-state index in [1.54, 1.807) is 0 Å².